The second kappa shape index (κ2) is 8.82. The molecule has 0 spiro atoms. The zero-order valence-corrected chi connectivity index (χ0v) is 15.9. The highest BCUT2D eigenvalue weighted by molar-refractivity contribution is 7.93. The van der Waals surface area contributed by atoms with Crippen LogP contribution in [-0.2, 0) is 9.84 Å². The number of piperidine rings is 1. The van der Waals surface area contributed by atoms with Crippen molar-refractivity contribution in [2.45, 2.75) is 37.0 Å². The van der Waals surface area contributed by atoms with E-state index >= 15 is 0 Å². The molecular formula is C16H27N3O3S2. The molecule has 2 heterocycles. The Bertz CT molecular complexity index is 621. The first-order valence-electron chi connectivity index (χ1n) is 8.40. The lowest BCUT2D eigenvalue weighted by atomic mass is 10.00. The van der Waals surface area contributed by atoms with Gasteiger partial charge in [-0.05, 0) is 37.1 Å². The molecule has 2 N–H and O–H groups in total. The first-order valence-corrected chi connectivity index (χ1v) is 10.9. The molecular weight excluding hydrogens is 346 g/mol. The lowest BCUT2D eigenvalue weighted by Gasteiger charge is -2.33. The van der Waals surface area contributed by atoms with Gasteiger partial charge in [0.2, 0.25) is 0 Å². The maximum absolute atomic E-state index is 12.2. The van der Waals surface area contributed by atoms with Gasteiger partial charge in [-0.15, -0.1) is 11.3 Å². The predicted molar refractivity (Wildman–Crippen MR) is 98.3 cm³/mol. The van der Waals surface area contributed by atoms with Crippen LogP contribution in [0, 0.1) is 5.92 Å². The molecule has 1 saturated heterocycles. The standard InChI is InChI=1S/C16H27N3O3S2/c1-3-17-16(19-8-6-13(2)7-9-19)18-11-14(20)12-24(21,22)15-5-4-10-23-15/h4-5,10,13-14,20H,3,6-9,11-12H2,1-2H3,(H,17,18). The first-order chi connectivity index (χ1) is 11.4. The fourth-order valence-electron chi connectivity index (χ4n) is 2.67. The average Bonchev–Trinajstić information content (AvgIpc) is 3.07. The Hall–Kier alpha value is -1.12. The van der Waals surface area contributed by atoms with Crippen LogP contribution in [0.15, 0.2) is 26.7 Å². The van der Waals surface area contributed by atoms with Crippen LogP contribution in [0.2, 0.25) is 0 Å². The number of hydrogen-bond acceptors (Lipinski definition) is 5. The fraction of sp³-hybridized carbons (Fsp3) is 0.688. The maximum atomic E-state index is 12.2. The summed E-state index contributed by atoms with van der Waals surface area (Å²) in [4.78, 5) is 6.63. The Morgan fingerprint density at radius 3 is 2.79 bits per heavy atom. The van der Waals surface area contributed by atoms with Gasteiger partial charge in [0.1, 0.15) is 4.21 Å². The molecule has 1 aromatic heterocycles. The summed E-state index contributed by atoms with van der Waals surface area (Å²) in [6.07, 6.45) is 1.24. The molecule has 6 nitrogen and oxygen atoms in total. The zero-order valence-electron chi connectivity index (χ0n) is 14.3. The molecule has 1 aliphatic rings. The van der Waals surface area contributed by atoms with E-state index in [4.69, 9.17) is 0 Å². The molecule has 24 heavy (non-hydrogen) atoms. The summed E-state index contributed by atoms with van der Waals surface area (Å²) in [7, 11) is -3.44. The van der Waals surface area contributed by atoms with Gasteiger partial charge in [-0.2, -0.15) is 0 Å². The van der Waals surface area contributed by atoms with Crippen LogP contribution in [0.1, 0.15) is 26.7 Å². The molecule has 136 valence electrons. The minimum atomic E-state index is -3.44. The van der Waals surface area contributed by atoms with Crippen molar-refractivity contribution in [2.24, 2.45) is 10.9 Å². The van der Waals surface area contributed by atoms with Crippen molar-refractivity contribution in [1.82, 2.24) is 10.2 Å². The minimum absolute atomic E-state index is 0.0823. The highest BCUT2D eigenvalue weighted by Gasteiger charge is 2.22. The average molecular weight is 374 g/mol. The second-order valence-electron chi connectivity index (χ2n) is 6.23. The van der Waals surface area contributed by atoms with E-state index in [0.717, 1.165) is 44.4 Å². The summed E-state index contributed by atoms with van der Waals surface area (Å²) in [5.74, 6) is 1.19. The van der Waals surface area contributed by atoms with Crippen molar-refractivity contribution in [2.75, 3.05) is 31.9 Å². The first kappa shape index (κ1) is 19.2. The molecule has 0 radical (unpaired) electrons. The summed E-state index contributed by atoms with van der Waals surface area (Å²) >= 11 is 1.17. The third kappa shape index (κ3) is 5.46. The molecule has 0 bridgehead atoms. The third-order valence-corrected chi connectivity index (χ3v) is 7.37. The number of nitrogens with zero attached hydrogens (tertiary/aromatic N) is 2. The van der Waals surface area contributed by atoms with Crippen molar-refractivity contribution in [1.29, 1.82) is 0 Å². The predicted octanol–water partition coefficient (Wildman–Crippen LogP) is 1.58. The summed E-state index contributed by atoms with van der Waals surface area (Å²) < 4.78 is 24.7. The summed E-state index contributed by atoms with van der Waals surface area (Å²) in [5, 5.41) is 15.1. The summed E-state index contributed by atoms with van der Waals surface area (Å²) in [6.45, 7) is 6.96. The summed E-state index contributed by atoms with van der Waals surface area (Å²) in [6, 6.07) is 3.26. The summed E-state index contributed by atoms with van der Waals surface area (Å²) in [5.41, 5.74) is 0. The number of aliphatic hydroxyl groups is 1. The van der Waals surface area contributed by atoms with Gasteiger partial charge in [0.25, 0.3) is 0 Å². The number of thiophene rings is 1. The highest BCUT2D eigenvalue weighted by atomic mass is 32.2. The van der Waals surface area contributed by atoms with E-state index in [1.807, 2.05) is 6.92 Å². The number of aliphatic imine (C=N–C) groups is 1. The lowest BCUT2D eigenvalue weighted by molar-refractivity contribution is 0.204. The SMILES string of the molecule is CCNC(=NCC(O)CS(=O)(=O)c1cccs1)N1CCC(C)CC1. The fourth-order valence-corrected chi connectivity index (χ4v) is 5.13. The van der Waals surface area contributed by atoms with Crippen LogP contribution in [0.25, 0.3) is 0 Å². The number of guanidine groups is 1. The van der Waals surface area contributed by atoms with E-state index in [1.165, 1.54) is 11.3 Å². The number of aliphatic hydroxyl groups excluding tert-OH is 1. The molecule has 1 aromatic rings. The molecule has 0 amide bonds. The molecule has 8 heteroatoms. The van der Waals surface area contributed by atoms with Crippen LogP contribution in [0.5, 0.6) is 0 Å². The number of likely N-dealkylation sites (tertiary alicyclic amines) is 1. The second-order valence-corrected chi connectivity index (χ2v) is 9.44. The molecule has 0 aliphatic carbocycles. The minimum Gasteiger partial charge on any atom is -0.390 e. The van der Waals surface area contributed by atoms with Gasteiger partial charge in [-0.3, -0.25) is 4.99 Å². The van der Waals surface area contributed by atoms with Crippen LogP contribution < -0.4 is 5.32 Å². The van der Waals surface area contributed by atoms with E-state index < -0.39 is 15.9 Å². The molecule has 1 unspecified atom stereocenters. The van der Waals surface area contributed by atoms with E-state index in [9.17, 15) is 13.5 Å². The van der Waals surface area contributed by atoms with Gasteiger partial charge in [-0.25, -0.2) is 8.42 Å². The van der Waals surface area contributed by atoms with Crippen molar-refractivity contribution >= 4 is 27.1 Å². The van der Waals surface area contributed by atoms with Crippen molar-refractivity contribution in [3.8, 4) is 0 Å². The van der Waals surface area contributed by atoms with E-state index in [0.29, 0.717) is 4.21 Å². The molecule has 2 rings (SSSR count). The van der Waals surface area contributed by atoms with Gasteiger partial charge in [0.15, 0.2) is 15.8 Å². The maximum Gasteiger partial charge on any atom is 0.194 e. The zero-order chi connectivity index (χ0) is 17.6. The van der Waals surface area contributed by atoms with E-state index in [1.54, 1.807) is 17.5 Å². The Balaban J connectivity index is 1.95. The van der Waals surface area contributed by atoms with Gasteiger partial charge < -0.3 is 15.3 Å². The Labute approximate surface area is 148 Å². The van der Waals surface area contributed by atoms with E-state index in [2.05, 4.69) is 22.1 Å². The Kier molecular flexibility index (Phi) is 7.06. The van der Waals surface area contributed by atoms with Crippen LogP contribution in [-0.4, -0.2) is 62.4 Å². The number of hydrogen-bond donors (Lipinski definition) is 2. The van der Waals surface area contributed by atoms with Crippen molar-refractivity contribution in [3.05, 3.63) is 17.5 Å². The highest BCUT2D eigenvalue weighted by Crippen LogP contribution is 2.18. The molecule has 1 atom stereocenters. The Morgan fingerprint density at radius 1 is 1.50 bits per heavy atom. The van der Waals surface area contributed by atoms with Crippen LogP contribution in [0.4, 0.5) is 0 Å². The molecule has 0 saturated carbocycles. The molecule has 1 fully saturated rings. The van der Waals surface area contributed by atoms with Gasteiger partial charge in [0.05, 0.1) is 18.4 Å². The normalized spacial score (nSPS) is 18.6. The van der Waals surface area contributed by atoms with Gasteiger partial charge >= 0.3 is 0 Å². The van der Waals surface area contributed by atoms with E-state index in [-0.39, 0.29) is 12.3 Å². The molecule has 1 aliphatic heterocycles. The van der Waals surface area contributed by atoms with Crippen molar-refractivity contribution in [3.63, 3.8) is 0 Å². The van der Waals surface area contributed by atoms with Crippen LogP contribution in [0.3, 0.4) is 0 Å². The lowest BCUT2D eigenvalue weighted by Crippen LogP contribution is -2.45. The quantitative estimate of drug-likeness (QED) is 0.584. The third-order valence-electron chi connectivity index (χ3n) is 4.08. The molecule has 0 aromatic carbocycles. The topological polar surface area (TPSA) is 82.0 Å². The van der Waals surface area contributed by atoms with Crippen LogP contribution >= 0.6 is 11.3 Å². The van der Waals surface area contributed by atoms with Gasteiger partial charge in [-0.1, -0.05) is 13.0 Å². The monoisotopic (exact) mass is 373 g/mol. The van der Waals surface area contributed by atoms with Crippen molar-refractivity contribution < 1.29 is 13.5 Å². The number of nitrogens with one attached hydrogen (secondary N) is 1. The largest absolute Gasteiger partial charge is 0.390 e. The van der Waals surface area contributed by atoms with Gasteiger partial charge in [0, 0.05) is 19.6 Å². The Morgan fingerprint density at radius 2 is 2.21 bits per heavy atom. The number of rotatable bonds is 6. The number of sulfone groups is 1. The smallest absolute Gasteiger partial charge is 0.194 e.